The van der Waals surface area contributed by atoms with Gasteiger partial charge in [0, 0.05) is 16.4 Å². The van der Waals surface area contributed by atoms with E-state index < -0.39 is 0 Å². The number of halogens is 1. The van der Waals surface area contributed by atoms with Gasteiger partial charge in [0.25, 0.3) is 0 Å². The Morgan fingerprint density at radius 2 is 1.56 bits per heavy atom. The maximum absolute atomic E-state index is 12.3. The second-order valence-electron chi connectivity index (χ2n) is 5.90. The zero-order chi connectivity index (χ0) is 18.4. The second-order valence-corrected chi connectivity index (χ2v) is 6.30. The van der Waals surface area contributed by atoms with E-state index in [0.29, 0.717) is 10.7 Å². The van der Waals surface area contributed by atoms with Gasteiger partial charge in [-0.1, -0.05) is 49.7 Å². The summed E-state index contributed by atoms with van der Waals surface area (Å²) >= 11 is 6.05. The van der Waals surface area contributed by atoms with Crippen molar-refractivity contribution in [2.75, 3.05) is 10.6 Å². The third-order valence-electron chi connectivity index (χ3n) is 4.04. The summed E-state index contributed by atoms with van der Waals surface area (Å²) in [5.41, 5.74) is 4.47. The van der Waals surface area contributed by atoms with Gasteiger partial charge in [-0.2, -0.15) is 0 Å². The van der Waals surface area contributed by atoms with Gasteiger partial charge in [0.2, 0.25) is 11.8 Å². The first kappa shape index (κ1) is 19.0. The van der Waals surface area contributed by atoms with E-state index in [2.05, 4.69) is 10.6 Å². The van der Waals surface area contributed by atoms with Crippen molar-refractivity contribution in [2.24, 2.45) is 0 Å². The first-order chi connectivity index (χ1) is 11.9. The first-order valence-corrected chi connectivity index (χ1v) is 8.79. The van der Waals surface area contributed by atoms with Crippen molar-refractivity contribution < 1.29 is 9.59 Å². The van der Waals surface area contributed by atoms with Crippen LogP contribution in [-0.2, 0) is 22.4 Å². The summed E-state index contributed by atoms with van der Waals surface area (Å²) in [5, 5.41) is 6.17. The van der Waals surface area contributed by atoms with Crippen LogP contribution in [0.15, 0.2) is 36.4 Å². The Balaban J connectivity index is 2.02. The SMILES string of the molecule is CCc1cccc(CC)c1NC(=O)CC(=O)Nc1ccc(C)c(Cl)c1. The van der Waals surface area contributed by atoms with Gasteiger partial charge in [-0.25, -0.2) is 0 Å². The summed E-state index contributed by atoms with van der Waals surface area (Å²) in [5.74, 6) is -0.698. The quantitative estimate of drug-likeness (QED) is 0.732. The van der Waals surface area contributed by atoms with Crippen LogP contribution in [0, 0.1) is 6.92 Å². The summed E-state index contributed by atoms with van der Waals surface area (Å²) in [6.07, 6.45) is 1.39. The van der Waals surface area contributed by atoms with Crippen LogP contribution in [0.5, 0.6) is 0 Å². The summed E-state index contributed by atoms with van der Waals surface area (Å²) in [7, 11) is 0. The van der Waals surface area contributed by atoms with Gasteiger partial charge in [-0.3, -0.25) is 9.59 Å². The minimum Gasteiger partial charge on any atom is -0.326 e. The lowest BCUT2D eigenvalue weighted by Crippen LogP contribution is -2.22. The Morgan fingerprint density at radius 1 is 0.960 bits per heavy atom. The summed E-state index contributed by atoms with van der Waals surface area (Å²) in [6.45, 7) is 5.97. The lowest BCUT2D eigenvalue weighted by Gasteiger charge is -2.14. The first-order valence-electron chi connectivity index (χ1n) is 8.41. The fourth-order valence-corrected chi connectivity index (χ4v) is 2.79. The van der Waals surface area contributed by atoms with Gasteiger partial charge >= 0.3 is 0 Å². The minimum atomic E-state index is -0.371. The number of rotatable bonds is 6. The van der Waals surface area contributed by atoms with Crippen LogP contribution in [0.2, 0.25) is 5.02 Å². The molecule has 0 fully saturated rings. The van der Waals surface area contributed by atoms with Gasteiger partial charge in [0.05, 0.1) is 0 Å². The van der Waals surface area contributed by atoms with Gasteiger partial charge < -0.3 is 10.6 Å². The highest BCUT2D eigenvalue weighted by Crippen LogP contribution is 2.23. The van der Waals surface area contributed by atoms with Crippen molar-refractivity contribution in [3.63, 3.8) is 0 Å². The van der Waals surface area contributed by atoms with Crippen LogP contribution < -0.4 is 10.6 Å². The molecule has 0 aliphatic rings. The highest BCUT2D eigenvalue weighted by molar-refractivity contribution is 6.31. The van der Waals surface area contributed by atoms with E-state index in [9.17, 15) is 9.59 Å². The highest BCUT2D eigenvalue weighted by Gasteiger charge is 2.14. The van der Waals surface area contributed by atoms with Crippen LogP contribution in [0.1, 0.15) is 37.0 Å². The normalized spacial score (nSPS) is 10.4. The lowest BCUT2D eigenvalue weighted by atomic mass is 10.0. The number of amides is 2. The van der Waals surface area contributed by atoms with Crippen LogP contribution >= 0.6 is 11.6 Å². The molecule has 0 spiro atoms. The average Bonchev–Trinajstić information content (AvgIpc) is 2.58. The molecule has 2 N–H and O–H groups in total. The van der Waals surface area contributed by atoms with Crippen molar-refractivity contribution in [3.05, 3.63) is 58.1 Å². The van der Waals surface area contributed by atoms with E-state index in [1.54, 1.807) is 12.1 Å². The number of carbonyl (C=O) groups excluding carboxylic acids is 2. The number of benzene rings is 2. The number of carbonyl (C=O) groups is 2. The van der Waals surface area contributed by atoms with Crippen LogP contribution in [0.4, 0.5) is 11.4 Å². The van der Waals surface area contributed by atoms with Crippen LogP contribution in [0.25, 0.3) is 0 Å². The van der Waals surface area contributed by atoms with E-state index in [4.69, 9.17) is 11.6 Å². The number of aryl methyl sites for hydroxylation is 3. The van der Waals surface area contributed by atoms with Crippen molar-refractivity contribution in [1.29, 1.82) is 0 Å². The van der Waals surface area contributed by atoms with Crippen molar-refractivity contribution in [1.82, 2.24) is 0 Å². The van der Waals surface area contributed by atoms with Gasteiger partial charge in [0.15, 0.2) is 0 Å². The Labute approximate surface area is 153 Å². The molecule has 4 nitrogen and oxygen atoms in total. The molecule has 2 rings (SSSR count). The summed E-state index contributed by atoms with van der Waals surface area (Å²) in [6, 6.07) is 11.2. The predicted octanol–water partition coefficient (Wildman–Crippen LogP) is 4.74. The largest absolute Gasteiger partial charge is 0.326 e. The predicted molar refractivity (Wildman–Crippen MR) is 103 cm³/mol. The monoisotopic (exact) mass is 358 g/mol. The number of anilines is 2. The average molecular weight is 359 g/mol. The number of hydrogen-bond acceptors (Lipinski definition) is 2. The smallest absolute Gasteiger partial charge is 0.233 e. The maximum Gasteiger partial charge on any atom is 0.233 e. The third-order valence-corrected chi connectivity index (χ3v) is 4.45. The second kappa shape index (κ2) is 8.67. The molecular formula is C20H23ClN2O2. The fourth-order valence-electron chi connectivity index (χ4n) is 2.61. The standard InChI is InChI=1S/C20H23ClN2O2/c1-4-14-7-6-8-15(5-2)20(14)23-19(25)12-18(24)22-16-10-9-13(3)17(21)11-16/h6-11H,4-5,12H2,1-3H3,(H,22,24)(H,23,25). The van der Waals surface area contributed by atoms with Gasteiger partial charge in [-0.05, 0) is 48.6 Å². The van der Waals surface area contributed by atoms with E-state index in [0.717, 1.165) is 35.2 Å². The van der Waals surface area contributed by atoms with Crippen molar-refractivity contribution >= 4 is 34.8 Å². The molecular weight excluding hydrogens is 336 g/mol. The lowest BCUT2D eigenvalue weighted by molar-refractivity contribution is -0.123. The molecule has 0 saturated carbocycles. The highest BCUT2D eigenvalue weighted by atomic mass is 35.5. The van der Waals surface area contributed by atoms with Gasteiger partial charge in [0.1, 0.15) is 6.42 Å². The molecule has 0 saturated heterocycles. The molecule has 0 bridgehead atoms. The zero-order valence-corrected chi connectivity index (χ0v) is 15.5. The minimum absolute atomic E-state index is 0.243. The van der Waals surface area contributed by atoms with E-state index >= 15 is 0 Å². The number of hydrogen-bond donors (Lipinski definition) is 2. The molecule has 0 aliphatic heterocycles. The van der Waals surface area contributed by atoms with Crippen molar-refractivity contribution in [2.45, 2.75) is 40.0 Å². The molecule has 2 amide bonds. The van der Waals surface area contributed by atoms with E-state index in [1.807, 2.05) is 45.0 Å². The Hall–Kier alpha value is -2.33. The summed E-state index contributed by atoms with van der Waals surface area (Å²) in [4.78, 5) is 24.4. The molecule has 0 aliphatic carbocycles. The molecule has 0 radical (unpaired) electrons. The molecule has 5 heteroatoms. The van der Waals surface area contributed by atoms with E-state index in [-0.39, 0.29) is 18.2 Å². The molecule has 0 unspecified atom stereocenters. The molecule has 25 heavy (non-hydrogen) atoms. The Kier molecular flexibility index (Phi) is 6.59. The molecule has 132 valence electrons. The molecule has 0 atom stereocenters. The van der Waals surface area contributed by atoms with Crippen molar-refractivity contribution in [3.8, 4) is 0 Å². The topological polar surface area (TPSA) is 58.2 Å². The van der Waals surface area contributed by atoms with Gasteiger partial charge in [-0.15, -0.1) is 0 Å². The van der Waals surface area contributed by atoms with Crippen LogP contribution in [0.3, 0.4) is 0 Å². The molecule has 2 aromatic carbocycles. The Bertz CT molecular complexity index is 765. The molecule has 0 heterocycles. The fraction of sp³-hybridized carbons (Fsp3) is 0.300. The maximum atomic E-state index is 12.3. The van der Waals surface area contributed by atoms with E-state index in [1.165, 1.54) is 0 Å². The number of nitrogens with one attached hydrogen (secondary N) is 2. The Morgan fingerprint density at radius 3 is 2.12 bits per heavy atom. The van der Waals surface area contributed by atoms with Crippen LogP contribution in [-0.4, -0.2) is 11.8 Å². The zero-order valence-electron chi connectivity index (χ0n) is 14.8. The molecule has 2 aromatic rings. The summed E-state index contributed by atoms with van der Waals surface area (Å²) < 4.78 is 0. The number of para-hydroxylation sites is 1. The third kappa shape index (κ3) is 5.07. The molecule has 0 aromatic heterocycles.